The summed E-state index contributed by atoms with van der Waals surface area (Å²) in [6.07, 6.45) is -2.78. The fraction of sp³-hybridized carbons (Fsp3) is 0.500. The standard InChI is InChI=1S/C6H8O6.3C4H9N3O2.3Mg.2H3O4P/c7-1-2(8)5-3(9)4(10)6(11)12-5;3*1-7(4(5)6)2-3(8)9;;;;2*1-5(2,3)4/h2,5,7-10H,1H2;3*2H2,1H3,(H3,5,6)(H,8,9);;;;2*(H3,1,2,3,4)/q;;;;3*+2;;/p-6/t2-,5+;;;;;;;;/m0......../s1. The molecule has 0 aliphatic carbocycles. The van der Waals surface area contributed by atoms with Crippen LogP contribution in [0.2, 0.25) is 0 Å². The topological polar surface area (TPSA) is 551 Å². The normalized spacial score (nSPS) is 12.7. The van der Waals surface area contributed by atoms with Gasteiger partial charge >= 0.3 is 93.0 Å². The van der Waals surface area contributed by atoms with Crippen LogP contribution in [0.5, 0.6) is 0 Å². The van der Waals surface area contributed by atoms with E-state index >= 15 is 0 Å². The smallest absolute Gasteiger partial charge is 0.822 e. The van der Waals surface area contributed by atoms with Gasteiger partial charge in [-0.05, 0) is 0 Å². The monoisotopic (exact) mass is 831 g/mol. The maximum Gasteiger partial charge on any atom is 2.00 e. The molecule has 1 aliphatic heterocycles. The predicted octanol–water partition coefficient (Wildman–Crippen LogP) is -11.5. The largest absolute Gasteiger partial charge is 2.00 e. The van der Waals surface area contributed by atoms with Crippen LogP contribution in [0.25, 0.3) is 0 Å². The van der Waals surface area contributed by atoms with Gasteiger partial charge in [0.15, 0.2) is 29.7 Å². The number of aliphatic hydroxyl groups is 4. The SMILES string of the molecule is CN(CC(=O)O)C(=N)N.CN(CC(=O)O)C(=N)N.CN(CC(=O)O)C(=N)N.O=C1O[C@H]([C@@H](O)CO)C(O)=C1O.O=P([O-])([O-])[O-].O=P([O-])([O-])[O-].[Mg+2].[Mg+2].[Mg+2]. The van der Waals surface area contributed by atoms with Gasteiger partial charge in [0.25, 0.3) is 0 Å². The molecular weight excluding hydrogens is 797 g/mol. The van der Waals surface area contributed by atoms with Crippen LogP contribution in [0.1, 0.15) is 0 Å². The van der Waals surface area contributed by atoms with E-state index in [0.717, 1.165) is 14.7 Å². The number of hydrogen-bond acceptors (Lipinski definition) is 20. The minimum Gasteiger partial charge on any atom is -0.822 e. The third-order valence-electron chi connectivity index (χ3n) is 3.83. The Bertz CT molecular complexity index is 1140. The molecule has 52 heavy (non-hydrogen) atoms. The van der Waals surface area contributed by atoms with Gasteiger partial charge in [0.05, 0.1) is 6.61 Å². The van der Waals surface area contributed by atoms with Gasteiger partial charge in [0.1, 0.15) is 25.7 Å². The summed E-state index contributed by atoms with van der Waals surface area (Å²) in [6, 6.07) is 0. The number of ether oxygens (including phenoxy) is 1. The Hall–Kier alpha value is -2.53. The van der Waals surface area contributed by atoms with E-state index < -0.39 is 69.9 Å². The molecule has 1 aliphatic rings. The number of phosphoric acid groups is 2. The van der Waals surface area contributed by atoms with Gasteiger partial charge < -0.3 is 111 Å². The molecule has 0 aromatic heterocycles. The molecule has 1 heterocycles. The van der Waals surface area contributed by atoms with E-state index in [4.69, 9.17) is 108 Å². The van der Waals surface area contributed by atoms with E-state index in [1.165, 1.54) is 21.1 Å². The number of carbonyl (C=O) groups is 4. The van der Waals surface area contributed by atoms with Gasteiger partial charge in [0.2, 0.25) is 5.76 Å². The zero-order valence-corrected chi connectivity index (χ0v) is 33.5. The number of carbonyl (C=O) groups excluding carboxylic acids is 1. The number of hydrogen-bond donors (Lipinski definition) is 13. The van der Waals surface area contributed by atoms with Crippen LogP contribution in [-0.2, 0) is 33.0 Å². The summed E-state index contributed by atoms with van der Waals surface area (Å²) in [7, 11) is -6.46. The molecule has 0 saturated carbocycles. The number of carboxylic acids is 3. The van der Waals surface area contributed by atoms with E-state index in [1.54, 1.807) is 0 Å². The number of cyclic esters (lactones) is 1. The fourth-order valence-electron chi connectivity index (χ4n) is 1.69. The summed E-state index contributed by atoms with van der Waals surface area (Å²) in [4.78, 5) is 95.0. The summed E-state index contributed by atoms with van der Waals surface area (Å²) >= 11 is 0. The van der Waals surface area contributed by atoms with Crippen molar-refractivity contribution in [2.24, 2.45) is 17.2 Å². The van der Waals surface area contributed by atoms with E-state index in [1.807, 2.05) is 0 Å². The van der Waals surface area contributed by atoms with E-state index in [9.17, 15) is 19.2 Å². The zero-order chi connectivity index (χ0) is 40.6. The summed E-state index contributed by atoms with van der Waals surface area (Å²) in [6.45, 7) is -1.35. The van der Waals surface area contributed by atoms with Crippen LogP contribution in [-0.4, -0.2) is 221 Å². The van der Waals surface area contributed by atoms with Gasteiger partial charge in [-0.1, -0.05) is 0 Å². The van der Waals surface area contributed by atoms with Crippen molar-refractivity contribution >= 4 is 127 Å². The Morgan fingerprint density at radius 3 is 1.04 bits per heavy atom. The number of esters is 1. The first kappa shape index (κ1) is 67.6. The molecule has 1 rings (SSSR count). The second-order valence-electron chi connectivity index (χ2n) is 8.11. The van der Waals surface area contributed by atoms with Crippen molar-refractivity contribution in [3.8, 4) is 0 Å². The van der Waals surface area contributed by atoms with Gasteiger partial charge in [-0.25, -0.2) is 4.79 Å². The Labute approximate surface area is 342 Å². The second-order valence-corrected chi connectivity index (χ2v) is 9.90. The van der Waals surface area contributed by atoms with Crippen molar-refractivity contribution in [3.63, 3.8) is 0 Å². The second kappa shape index (κ2) is 34.2. The summed E-state index contributed by atoms with van der Waals surface area (Å²) in [5.41, 5.74) is 14.8. The average Bonchev–Trinajstić information content (AvgIpc) is 3.13. The van der Waals surface area contributed by atoms with Gasteiger partial charge in [-0.3, -0.25) is 30.6 Å². The van der Waals surface area contributed by atoms with Crippen molar-refractivity contribution in [1.29, 1.82) is 16.2 Å². The molecule has 16 N–H and O–H groups in total. The van der Waals surface area contributed by atoms with Crippen LogP contribution in [0.4, 0.5) is 0 Å². The first-order valence-electron chi connectivity index (χ1n) is 11.6. The van der Waals surface area contributed by atoms with E-state index in [-0.39, 0.29) is 107 Å². The number of nitrogens with one attached hydrogen (secondary N) is 3. The average molecular weight is 832 g/mol. The van der Waals surface area contributed by atoms with Crippen LogP contribution in [0.3, 0.4) is 0 Å². The Balaban J connectivity index is -0.0000000754. The molecule has 2 atom stereocenters. The first-order chi connectivity index (χ1) is 21.7. The molecule has 29 nitrogen and oxygen atoms in total. The molecule has 0 aromatic carbocycles. The molecule has 34 heteroatoms. The van der Waals surface area contributed by atoms with Crippen molar-refractivity contribution < 1.29 is 98.2 Å². The predicted molar refractivity (Wildman–Crippen MR) is 164 cm³/mol. The molecule has 0 spiro atoms. The molecule has 0 bridgehead atoms. The number of nitrogens with zero attached hydrogens (tertiary/aromatic N) is 3. The molecule has 0 radical (unpaired) electrons. The molecule has 0 saturated heterocycles. The maximum absolute atomic E-state index is 10.5. The molecule has 0 fully saturated rings. The van der Waals surface area contributed by atoms with Crippen LogP contribution in [0, 0.1) is 16.2 Å². The number of likely N-dealkylation sites (N-methyl/N-ethyl adjacent to an activating group) is 3. The van der Waals surface area contributed by atoms with Crippen LogP contribution >= 0.6 is 15.6 Å². The Morgan fingerprint density at radius 1 is 0.731 bits per heavy atom. The van der Waals surface area contributed by atoms with Gasteiger partial charge in [-0.2, -0.15) is 15.6 Å². The van der Waals surface area contributed by atoms with Crippen molar-refractivity contribution in [2.45, 2.75) is 12.2 Å². The third kappa shape index (κ3) is 54.2. The summed E-state index contributed by atoms with van der Waals surface area (Å²) in [5, 5.41) is 79.7. The minimum absolute atomic E-state index is 0. The first-order valence-corrected chi connectivity index (χ1v) is 14.5. The minimum atomic E-state index is -5.39. The summed E-state index contributed by atoms with van der Waals surface area (Å²) in [5.74, 6) is -6.47. The van der Waals surface area contributed by atoms with Crippen LogP contribution < -0.4 is 46.6 Å². The number of rotatable bonds is 8. The fourth-order valence-corrected chi connectivity index (χ4v) is 1.69. The summed E-state index contributed by atoms with van der Waals surface area (Å²) < 4.78 is 21.4. The Kier molecular flexibility index (Phi) is 44.5. The van der Waals surface area contributed by atoms with Crippen LogP contribution in [0.15, 0.2) is 11.5 Å². The van der Waals surface area contributed by atoms with E-state index in [0.29, 0.717) is 0 Å². The molecular formula is C18H35Mg3N9O20P2. The third-order valence-corrected chi connectivity index (χ3v) is 3.83. The van der Waals surface area contributed by atoms with Crippen molar-refractivity contribution in [3.05, 3.63) is 11.5 Å². The van der Waals surface area contributed by atoms with Gasteiger partial charge in [0, 0.05) is 21.1 Å². The molecule has 0 amide bonds. The zero-order valence-electron chi connectivity index (χ0n) is 27.5. The van der Waals surface area contributed by atoms with E-state index in [2.05, 4.69) is 4.74 Å². The molecule has 0 unspecified atom stereocenters. The van der Waals surface area contributed by atoms with Gasteiger partial charge in [-0.15, -0.1) is 0 Å². The number of aliphatic hydroxyl groups excluding tert-OH is 4. The maximum atomic E-state index is 10.5. The number of nitrogens with two attached hydrogens (primary N) is 3. The molecule has 0 aromatic rings. The number of guanidine groups is 3. The molecule has 288 valence electrons. The van der Waals surface area contributed by atoms with Crippen molar-refractivity contribution in [2.75, 3.05) is 47.4 Å². The van der Waals surface area contributed by atoms with Crippen molar-refractivity contribution in [1.82, 2.24) is 14.7 Å². The quantitative estimate of drug-likeness (QED) is 0.0355. The Morgan fingerprint density at radius 2 is 0.942 bits per heavy atom. The number of aliphatic carboxylic acids is 3. The number of carboxylic acid groups (broad SMARTS) is 3.